The molecule has 2 aromatic carbocycles. The predicted molar refractivity (Wildman–Crippen MR) is 264 cm³/mol. The van der Waals surface area contributed by atoms with Gasteiger partial charge >= 0.3 is 0 Å². The normalized spacial score (nSPS) is 24.4. The molecule has 0 aromatic heterocycles. The highest BCUT2D eigenvalue weighted by atomic mass is 16.8. The summed E-state index contributed by atoms with van der Waals surface area (Å²) >= 11 is 0. The van der Waals surface area contributed by atoms with Crippen molar-refractivity contribution in [3.63, 3.8) is 0 Å². The highest BCUT2D eigenvalue weighted by Crippen LogP contribution is 2.62. The number of hydrogen-bond acceptors (Lipinski definition) is 13. The molecule has 69 heavy (non-hydrogen) atoms. The van der Waals surface area contributed by atoms with Crippen LogP contribution in [0.4, 0.5) is 5.69 Å². The molecule has 3 N–H and O–H groups in total. The molecule has 4 aliphatic rings. The van der Waals surface area contributed by atoms with E-state index >= 15 is 4.79 Å². The molecule has 1 unspecified atom stereocenters. The quantitative estimate of drug-likeness (QED) is 0.0273. The number of carbonyl (C=O) groups is 1. The number of ether oxygens (including phenoxy) is 5. The van der Waals surface area contributed by atoms with E-state index in [4.69, 9.17) is 33.7 Å². The lowest BCUT2D eigenvalue weighted by Crippen LogP contribution is -2.70. The van der Waals surface area contributed by atoms with Gasteiger partial charge in [0.15, 0.2) is 0 Å². The molecule has 2 aliphatic heterocycles. The third-order valence-electron chi connectivity index (χ3n) is 14.2. The van der Waals surface area contributed by atoms with Crippen molar-refractivity contribution in [3.8, 4) is 17.2 Å². The molecule has 7 atom stereocenters. The Morgan fingerprint density at radius 1 is 0.928 bits per heavy atom. The molecule has 6 rings (SSSR count). The fourth-order valence-corrected chi connectivity index (χ4v) is 10.9. The molecule has 0 bridgehead atoms. The average molecular weight is 962 g/mol. The molecule has 1 amide bonds. The summed E-state index contributed by atoms with van der Waals surface area (Å²) in [5.41, 5.74) is 2.36. The zero-order valence-corrected chi connectivity index (χ0v) is 41.0. The molecule has 382 valence electrons. The number of non-ortho nitro benzene ring substituents is 1. The number of oxime groups is 1. The van der Waals surface area contributed by atoms with Crippen LogP contribution in [0.2, 0.25) is 0 Å². The Hall–Kier alpha value is -4.38. The maximum atomic E-state index is 15.0. The number of allylic oxidation sites excluding steroid dienone is 1. The maximum absolute atomic E-state index is 15.0. The molecule has 2 fully saturated rings. The van der Waals surface area contributed by atoms with Crippen molar-refractivity contribution in [2.45, 2.75) is 159 Å². The number of aliphatic hydroxyl groups excluding tert-OH is 3. The van der Waals surface area contributed by atoms with Crippen LogP contribution in [0.5, 0.6) is 17.2 Å². The summed E-state index contributed by atoms with van der Waals surface area (Å²) in [6.07, 6.45) is 21.0. The van der Waals surface area contributed by atoms with Crippen molar-refractivity contribution in [1.82, 2.24) is 4.90 Å². The third kappa shape index (κ3) is 14.6. The minimum absolute atomic E-state index is 0.0137. The summed E-state index contributed by atoms with van der Waals surface area (Å²) in [5, 5.41) is 46.4. The lowest BCUT2D eigenvalue weighted by molar-refractivity contribution is -0.384. The molecule has 2 aromatic rings. The molecule has 1 saturated carbocycles. The lowest BCUT2D eigenvalue weighted by atomic mass is 9.55. The van der Waals surface area contributed by atoms with Gasteiger partial charge in [-0.3, -0.25) is 14.9 Å². The Bertz CT molecular complexity index is 1970. The first kappa shape index (κ1) is 54.0. The van der Waals surface area contributed by atoms with E-state index in [1.807, 2.05) is 17.0 Å². The number of carbonyl (C=O) groups excluding carboxylic acids is 1. The van der Waals surface area contributed by atoms with Crippen molar-refractivity contribution >= 4 is 17.3 Å². The molecular weight excluding hydrogens is 883 g/mol. The highest BCUT2D eigenvalue weighted by Gasteiger charge is 2.65. The molecular formula is C54H79N3O12. The Morgan fingerprint density at radius 2 is 1.68 bits per heavy atom. The van der Waals surface area contributed by atoms with Gasteiger partial charge in [-0.05, 0) is 86.6 Å². The lowest BCUT2D eigenvalue weighted by Gasteiger charge is -2.60. The fourth-order valence-electron chi connectivity index (χ4n) is 10.9. The van der Waals surface area contributed by atoms with Gasteiger partial charge < -0.3 is 48.7 Å². The molecule has 2 aliphatic carbocycles. The van der Waals surface area contributed by atoms with Crippen LogP contribution in [0.25, 0.3) is 0 Å². The first-order chi connectivity index (χ1) is 33.8. The molecule has 1 saturated heterocycles. The SMILES string of the molecule is C=CCO[C@@]12Oc3ccc(Oc4cccc([N+](=O)[O-])c4)cc3[C@H]3[C@H](CCCCO)[C@@H](CCCCO)C=C(C(=NOC4CCCCO4)C[C@@H]1N(CCOCCO)C(=O)CCCCCCCCCCC)[C@H]32. The van der Waals surface area contributed by atoms with Crippen molar-refractivity contribution in [2.24, 2.45) is 22.9 Å². The Balaban J connectivity index is 1.49. The molecule has 15 nitrogen and oxygen atoms in total. The van der Waals surface area contributed by atoms with E-state index < -0.39 is 29.0 Å². The number of nitro groups is 1. The second-order valence-corrected chi connectivity index (χ2v) is 19.0. The van der Waals surface area contributed by atoms with Gasteiger partial charge in [-0.2, -0.15) is 0 Å². The zero-order chi connectivity index (χ0) is 48.9. The van der Waals surface area contributed by atoms with Gasteiger partial charge in [0.2, 0.25) is 18.0 Å². The monoisotopic (exact) mass is 962 g/mol. The Kier molecular flexibility index (Phi) is 22.3. The number of aliphatic hydroxyl groups is 3. The van der Waals surface area contributed by atoms with Crippen LogP contribution in [0.15, 0.2) is 71.9 Å². The number of rotatable bonds is 32. The van der Waals surface area contributed by atoms with Gasteiger partial charge in [0.1, 0.15) is 23.3 Å². The van der Waals surface area contributed by atoms with Crippen LogP contribution in [0.3, 0.4) is 0 Å². The van der Waals surface area contributed by atoms with E-state index in [1.165, 1.54) is 44.2 Å². The largest absolute Gasteiger partial charge is 0.459 e. The smallest absolute Gasteiger partial charge is 0.273 e. The number of amides is 1. The van der Waals surface area contributed by atoms with Gasteiger partial charge in [-0.15, -0.1) is 6.58 Å². The predicted octanol–water partition coefficient (Wildman–Crippen LogP) is 10.3. The van der Waals surface area contributed by atoms with Gasteiger partial charge in [0, 0.05) is 56.6 Å². The van der Waals surface area contributed by atoms with Crippen LogP contribution < -0.4 is 9.47 Å². The molecule has 0 spiro atoms. The van der Waals surface area contributed by atoms with Gasteiger partial charge in [0.05, 0.1) is 55.7 Å². The molecule has 2 heterocycles. The number of unbranched alkanes of at least 4 members (excludes halogenated alkanes) is 10. The number of nitro benzene ring substituents is 1. The van der Waals surface area contributed by atoms with Gasteiger partial charge in [-0.1, -0.05) is 94.5 Å². The average Bonchev–Trinajstić information content (AvgIpc) is 3.36. The van der Waals surface area contributed by atoms with Crippen molar-refractivity contribution < 1.29 is 53.6 Å². The minimum Gasteiger partial charge on any atom is -0.459 e. The van der Waals surface area contributed by atoms with Crippen LogP contribution >= 0.6 is 0 Å². The van der Waals surface area contributed by atoms with Crippen LogP contribution in [0.1, 0.15) is 147 Å². The second kappa shape index (κ2) is 28.5. The standard InChI is InChI=1S/C54H79N3O12/c1-3-5-6-7-8-9-10-11-12-24-50(61)56(28-34-64-35-31-60)49-39-47(55-69-51-25-15-18-33-65-51)45-36-40(20-13-16-29-58)44(23-14-17-30-59)52-46-38-43(67-42-22-19-21-41(37-42)57(62)63)26-27-48(46)68-54(49,53(45)52)66-32-4-2/h4,19,21-22,26-27,36-38,40,44,49,51-53,58-60H,2-3,5-18,20,23-25,28-35,39H2,1H3/t40-,44+,49-,51?,52+,53+,54+/m0/s1. The first-order valence-electron chi connectivity index (χ1n) is 26.0. The summed E-state index contributed by atoms with van der Waals surface area (Å²) in [4.78, 5) is 34.5. The number of nitrogens with zero attached hydrogens (tertiary/aromatic N) is 3. The number of hydrogen-bond donors (Lipinski definition) is 3. The fraction of sp³-hybridized carbons (Fsp3) is 0.667. The number of benzene rings is 2. The summed E-state index contributed by atoms with van der Waals surface area (Å²) in [6, 6.07) is 11.0. The van der Waals surface area contributed by atoms with E-state index in [0.29, 0.717) is 55.3 Å². The van der Waals surface area contributed by atoms with Crippen molar-refractivity contribution in [1.29, 1.82) is 0 Å². The summed E-state index contributed by atoms with van der Waals surface area (Å²) < 4.78 is 32.9. The third-order valence-corrected chi connectivity index (χ3v) is 14.2. The number of fused-ring (bicyclic) bond motifs is 2. The minimum atomic E-state index is -1.46. The second-order valence-electron chi connectivity index (χ2n) is 19.0. The van der Waals surface area contributed by atoms with Crippen molar-refractivity contribution in [2.75, 3.05) is 52.8 Å². The molecule has 15 heteroatoms. The topological polar surface area (TPSA) is 192 Å². The van der Waals surface area contributed by atoms with Gasteiger partial charge in [-0.25, -0.2) is 0 Å². The van der Waals surface area contributed by atoms with E-state index in [2.05, 4.69) is 19.6 Å². The van der Waals surface area contributed by atoms with E-state index in [9.17, 15) is 25.4 Å². The van der Waals surface area contributed by atoms with Crippen LogP contribution in [0, 0.1) is 27.9 Å². The Labute approximate surface area is 409 Å². The van der Waals surface area contributed by atoms with E-state index in [0.717, 1.165) is 75.3 Å². The van der Waals surface area contributed by atoms with E-state index in [1.54, 1.807) is 24.3 Å². The summed E-state index contributed by atoms with van der Waals surface area (Å²) in [7, 11) is 0. The van der Waals surface area contributed by atoms with E-state index in [-0.39, 0.29) is 82.0 Å². The van der Waals surface area contributed by atoms with Gasteiger partial charge in [0.25, 0.3) is 5.69 Å². The first-order valence-corrected chi connectivity index (χ1v) is 26.0. The Morgan fingerprint density at radius 3 is 2.39 bits per heavy atom. The van der Waals surface area contributed by atoms with Crippen molar-refractivity contribution in [3.05, 3.63) is 82.4 Å². The summed E-state index contributed by atoms with van der Waals surface area (Å²) in [6.45, 7) is 7.48. The molecule has 0 radical (unpaired) electrons. The highest BCUT2D eigenvalue weighted by molar-refractivity contribution is 6.03. The maximum Gasteiger partial charge on any atom is 0.273 e. The zero-order valence-electron chi connectivity index (χ0n) is 41.0. The van der Waals surface area contributed by atoms with Crippen LogP contribution in [-0.2, 0) is 23.8 Å². The summed E-state index contributed by atoms with van der Waals surface area (Å²) in [5.74, 6) is -1.01. The van der Waals surface area contributed by atoms with Crippen LogP contribution in [-0.4, -0.2) is 108 Å².